The first kappa shape index (κ1) is 12.6. The first-order chi connectivity index (χ1) is 8.13. The van der Waals surface area contributed by atoms with E-state index < -0.39 is 0 Å². The molecule has 2 rings (SSSR count). The Morgan fingerprint density at radius 2 is 2.29 bits per heavy atom. The maximum atomic E-state index is 4.22. The number of aryl methyl sites for hydroxylation is 1. The number of aromatic nitrogens is 2. The zero-order chi connectivity index (χ0) is 12.3. The topological polar surface area (TPSA) is 29.9 Å². The van der Waals surface area contributed by atoms with Gasteiger partial charge < -0.3 is 9.88 Å². The summed E-state index contributed by atoms with van der Waals surface area (Å²) in [5, 5.41) is 3.73. The van der Waals surface area contributed by atoms with Gasteiger partial charge in [-0.15, -0.1) is 0 Å². The molecule has 1 aromatic rings. The van der Waals surface area contributed by atoms with Crippen LogP contribution in [0.5, 0.6) is 0 Å². The molecule has 1 atom stereocenters. The minimum absolute atomic E-state index is 0.440. The summed E-state index contributed by atoms with van der Waals surface area (Å²) in [6.07, 6.45) is 9.31. The molecular formula is C14H25N3. The van der Waals surface area contributed by atoms with Crippen LogP contribution in [0.15, 0.2) is 12.5 Å². The second kappa shape index (κ2) is 5.21. The van der Waals surface area contributed by atoms with Crippen molar-refractivity contribution in [2.45, 2.75) is 65.6 Å². The predicted molar refractivity (Wildman–Crippen MR) is 70.8 cm³/mol. The molecule has 0 bridgehead atoms. The van der Waals surface area contributed by atoms with E-state index in [1.54, 1.807) is 0 Å². The van der Waals surface area contributed by atoms with E-state index in [1.165, 1.54) is 31.4 Å². The summed E-state index contributed by atoms with van der Waals surface area (Å²) in [6.45, 7) is 8.89. The standard InChI is InChI=1S/C14H25N3/c1-4-17-11-15-9-12(17)10-16-13-7-5-6-8-14(13,2)3/h9,11,13,16H,4-8,10H2,1-3H3. The van der Waals surface area contributed by atoms with Crippen LogP contribution in [-0.2, 0) is 13.1 Å². The van der Waals surface area contributed by atoms with Crippen molar-refractivity contribution in [3.05, 3.63) is 18.2 Å². The number of imidazole rings is 1. The van der Waals surface area contributed by atoms with Crippen molar-refractivity contribution in [1.82, 2.24) is 14.9 Å². The number of nitrogens with zero attached hydrogens (tertiary/aromatic N) is 2. The summed E-state index contributed by atoms with van der Waals surface area (Å²) < 4.78 is 2.21. The van der Waals surface area contributed by atoms with E-state index in [0.29, 0.717) is 11.5 Å². The molecular weight excluding hydrogens is 210 g/mol. The van der Waals surface area contributed by atoms with E-state index >= 15 is 0 Å². The minimum atomic E-state index is 0.440. The third-order valence-corrected chi connectivity index (χ3v) is 4.18. The molecule has 0 amide bonds. The summed E-state index contributed by atoms with van der Waals surface area (Å²) in [4.78, 5) is 4.22. The molecule has 1 saturated carbocycles. The van der Waals surface area contributed by atoms with Crippen LogP contribution >= 0.6 is 0 Å². The lowest BCUT2D eigenvalue weighted by Crippen LogP contribution is -2.43. The smallest absolute Gasteiger partial charge is 0.0948 e. The lowest BCUT2D eigenvalue weighted by molar-refractivity contribution is 0.166. The molecule has 1 N–H and O–H groups in total. The lowest BCUT2D eigenvalue weighted by atomic mass is 9.73. The molecule has 0 saturated heterocycles. The van der Waals surface area contributed by atoms with Crippen LogP contribution in [0.2, 0.25) is 0 Å². The van der Waals surface area contributed by atoms with Gasteiger partial charge in [-0.05, 0) is 25.2 Å². The van der Waals surface area contributed by atoms with Gasteiger partial charge in [0, 0.05) is 25.3 Å². The van der Waals surface area contributed by atoms with Gasteiger partial charge in [-0.3, -0.25) is 0 Å². The Balaban J connectivity index is 1.93. The van der Waals surface area contributed by atoms with Crippen LogP contribution in [0.3, 0.4) is 0 Å². The van der Waals surface area contributed by atoms with Gasteiger partial charge in [0.1, 0.15) is 0 Å². The molecule has 1 fully saturated rings. The van der Waals surface area contributed by atoms with Crippen LogP contribution in [0.1, 0.15) is 52.1 Å². The molecule has 96 valence electrons. The molecule has 1 unspecified atom stereocenters. The second-order valence-corrected chi connectivity index (χ2v) is 5.84. The molecule has 3 nitrogen and oxygen atoms in total. The summed E-state index contributed by atoms with van der Waals surface area (Å²) in [5.74, 6) is 0. The molecule has 0 aliphatic heterocycles. The maximum absolute atomic E-state index is 4.22. The van der Waals surface area contributed by atoms with Gasteiger partial charge in [0.15, 0.2) is 0 Å². The van der Waals surface area contributed by atoms with Gasteiger partial charge in [-0.2, -0.15) is 0 Å². The maximum Gasteiger partial charge on any atom is 0.0948 e. The van der Waals surface area contributed by atoms with Crippen LogP contribution in [0.4, 0.5) is 0 Å². The Bertz CT molecular complexity index is 354. The number of nitrogens with one attached hydrogen (secondary N) is 1. The molecule has 1 aliphatic rings. The molecule has 0 radical (unpaired) electrons. The number of rotatable bonds is 4. The van der Waals surface area contributed by atoms with E-state index in [2.05, 4.69) is 35.6 Å². The van der Waals surface area contributed by atoms with Gasteiger partial charge in [-0.25, -0.2) is 4.98 Å². The van der Waals surface area contributed by atoms with E-state index in [1.807, 2.05) is 12.5 Å². The fourth-order valence-corrected chi connectivity index (χ4v) is 2.88. The molecule has 1 heterocycles. The van der Waals surface area contributed by atoms with Crippen LogP contribution in [0, 0.1) is 5.41 Å². The average Bonchev–Trinajstić information content (AvgIpc) is 2.74. The van der Waals surface area contributed by atoms with Crippen molar-refractivity contribution in [2.75, 3.05) is 0 Å². The van der Waals surface area contributed by atoms with Gasteiger partial charge in [0.2, 0.25) is 0 Å². The first-order valence-electron chi connectivity index (χ1n) is 6.86. The van der Waals surface area contributed by atoms with Crippen LogP contribution < -0.4 is 5.32 Å². The normalized spacial score (nSPS) is 23.8. The Kier molecular flexibility index (Phi) is 3.87. The van der Waals surface area contributed by atoms with E-state index in [-0.39, 0.29) is 0 Å². The summed E-state index contributed by atoms with van der Waals surface area (Å²) in [5.41, 5.74) is 1.74. The van der Waals surface area contributed by atoms with Crippen molar-refractivity contribution in [2.24, 2.45) is 5.41 Å². The zero-order valence-corrected chi connectivity index (χ0v) is 11.4. The zero-order valence-electron chi connectivity index (χ0n) is 11.4. The predicted octanol–water partition coefficient (Wildman–Crippen LogP) is 2.96. The Labute approximate surface area is 105 Å². The highest BCUT2D eigenvalue weighted by molar-refractivity contribution is 4.99. The van der Waals surface area contributed by atoms with Gasteiger partial charge in [0.25, 0.3) is 0 Å². The fourth-order valence-electron chi connectivity index (χ4n) is 2.88. The van der Waals surface area contributed by atoms with Crippen molar-refractivity contribution in [3.8, 4) is 0 Å². The first-order valence-corrected chi connectivity index (χ1v) is 6.86. The van der Waals surface area contributed by atoms with Crippen LogP contribution in [-0.4, -0.2) is 15.6 Å². The van der Waals surface area contributed by atoms with E-state index in [4.69, 9.17) is 0 Å². The molecule has 1 aromatic heterocycles. The van der Waals surface area contributed by atoms with Crippen LogP contribution in [0.25, 0.3) is 0 Å². The SMILES string of the molecule is CCn1cncc1CNC1CCCCC1(C)C. The van der Waals surface area contributed by atoms with Crippen molar-refractivity contribution >= 4 is 0 Å². The average molecular weight is 235 g/mol. The van der Waals surface area contributed by atoms with Crippen molar-refractivity contribution in [1.29, 1.82) is 0 Å². The Hall–Kier alpha value is -0.830. The molecule has 0 aromatic carbocycles. The quantitative estimate of drug-likeness (QED) is 0.869. The monoisotopic (exact) mass is 235 g/mol. The van der Waals surface area contributed by atoms with Crippen molar-refractivity contribution in [3.63, 3.8) is 0 Å². The number of hydrogen-bond donors (Lipinski definition) is 1. The van der Waals surface area contributed by atoms with E-state index in [9.17, 15) is 0 Å². The molecule has 0 spiro atoms. The highest BCUT2D eigenvalue weighted by atomic mass is 15.1. The molecule has 1 aliphatic carbocycles. The van der Waals surface area contributed by atoms with E-state index in [0.717, 1.165) is 13.1 Å². The fraction of sp³-hybridized carbons (Fsp3) is 0.786. The van der Waals surface area contributed by atoms with Crippen molar-refractivity contribution < 1.29 is 0 Å². The summed E-state index contributed by atoms with van der Waals surface area (Å²) in [7, 11) is 0. The summed E-state index contributed by atoms with van der Waals surface area (Å²) >= 11 is 0. The number of hydrogen-bond acceptors (Lipinski definition) is 2. The van der Waals surface area contributed by atoms with Gasteiger partial charge >= 0.3 is 0 Å². The highest BCUT2D eigenvalue weighted by Crippen LogP contribution is 2.35. The lowest BCUT2D eigenvalue weighted by Gasteiger charge is -2.39. The third-order valence-electron chi connectivity index (χ3n) is 4.18. The largest absolute Gasteiger partial charge is 0.334 e. The molecule has 17 heavy (non-hydrogen) atoms. The third kappa shape index (κ3) is 2.89. The Morgan fingerprint density at radius 1 is 1.47 bits per heavy atom. The Morgan fingerprint density at radius 3 is 3.00 bits per heavy atom. The minimum Gasteiger partial charge on any atom is -0.334 e. The molecule has 3 heteroatoms. The second-order valence-electron chi connectivity index (χ2n) is 5.84. The summed E-state index contributed by atoms with van der Waals surface area (Å²) in [6, 6.07) is 0.649. The van der Waals surface area contributed by atoms with Gasteiger partial charge in [0.05, 0.1) is 12.0 Å². The highest BCUT2D eigenvalue weighted by Gasteiger charge is 2.31. The van der Waals surface area contributed by atoms with Gasteiger partial charge in [-0.1, -0.05) is 26.7 Å².